The number of halogens is 2. The number of carbonyl (C=O) groups excluding carboxylic acids is 1. The van der Waals surface area contributed by atoms with Crippen molar-refractivity contribution in [3.63, 3.8) is 0 Å². The van der Waals surface area contributed by atoms with Gasteiger partial charge in [0, 0.05) is 12.6 Å². The molecule has 1 aliphatic heterocycles. The molecule has 2 heterocycles. The molecule has 0 unspecified atom stereocenters. The number of hydrogen-bond acceptors (Lipinski definition) is 3. The van der Waals surface area contributed by atoms with Crippen molar-refractivity contribution in [2.45, 2.75) is 25.8 Å². The third-order valence-electron chi connectivity index (χ3n) is 3.66. The molecule has 21 heavy (non-hydrogen) atoms. The second-order valence-electron chi connectivity index (χ2n) is 5.12. The maximum atomic E-state index is 13.9. The molecule has 110 valence electrons. The molecule has 1 atom stereocenters. The molecule has 1 saturated heterocycles. The molecule has 1 aromatic carbocycles. The Balaban J connectivity index is 1.93. The number of benzene rings is 1. The fourth-order valence-electron chi connectivity index (χ4n) is 2.69. The van der Waals surface area contributed by atoms with Crippen LogP contribution in [0.2, 0.25) is 5.02 Å². The summed E-state index contributed by atoms with van der Waals surface area (Å²) < 4.78 is 19.2. The first-order valence-corrected chi connectivity index (χ1v) is 7.14. The smallest absolute Gasteiger partial charge is 0.258 e. The predicted octanol–water partition coefficient (Wildman–Crippen LogP) is 3.75. The molecule has 1 fully saturated rings. The lowest BCUT2D eigenvalue weighted by atomic mass is 10.1. The molecule has 0 radical (unpaired) electrons. The van der Waals surface area contributed by atoms with E-state index in [0.717, 1.165) is 18.5 Å². The van der Waals surface area contributed by atoms with Crippen molar-refractivity contribution in [3.05, 3.63) is 52.1 Å². The third-order valence-corrected chi connectivity index (χ3v) is 3.98. The quantitative estimate of drug-likeness (QED) is 0.848. The number of nitrogens with zero attached hydrogens (tertiary/aromatic N) is 2. The van der Waals surface area contributed by atoms with E-state index in [4.69, 9.17) is 16.1 Å². The highest BCUT2D eigenvalue weighted by atomic mass is 35.5. The fourth-order valence-corrected chi connectivity index (χ4v) is 2.94. The summed E-state index contributed by atoms with van der Waals surface area (Å²) in [6.07, 6.45) is 1.61. The summed E-state index contributed by atoms with van der Waals surface area (Å²) in [5.41, 5.74) is 0.676. The Morgan fingerprint density at radius 2 is 2.33 bits per heavy atom. The SMILES string of the molecule is Cc1cc([C@@H]2CCCN2C(=O)c2c(F)cccc2Cl)on1. The molecule has 2 aromatic rings. The Morgan fingerprint density at radius 3 is 3.00 bits per heavy atom. The second kappa shape index (κ2) is 5.48. The van der Waals surface area contributed by atoms with E-state index < -0.39 is 11.7 Å². The van der Waals surface area contributed by atoms with Gasteiger partial charge in [-0.3, -0.25) is 4.79 Å². The largest absolute Gasteiger partial charge is 0.359 e. The molecular formula is C15H14ClFN2O2. The Bertz CT molecular complexity index is 666. The zero-order valence-electron chi connectivity index (χ0n) is 11.5. The molecule has 1 aromatic heterocycles. The fraction of sp³-hybridized carbons (Fsp3) is 0.333. The standard InChI is InChI=1S/C15H14ClFN2O2/c1-9-8-13(21-18-9)12-6-3-7-19(12)15(20)14-10(16)4-2-5-11(14)17/h2,4-5,8,12H,3,6-7H2,1H3/t12-/m0/s1. The minimum absolute atomic E-state index is 0.0812. The molecule has 0 N–H and O–H groups in total. The molecule has 0 saturated carbocycles. The first-order valence-electron chi connectivity index (χ1n) is 6.76. The van der Waals surface area contributed by atoms with Crippen LogP contribution in [0, 0.1) is 12.7 Å². The van der Waals surface area contributed by atoms with Crippen LogP contribution in [-0.2, 0) is 0 Å². The lowest BCUT2D eigenvalue weighted by molar-refractivity contribution is 0.0710. The Labute approximate surface area is 126 Å². The highest BCUT2D eigenvalue weighted by Crippen LogP contribution is 2.34. The van der Waals surface area contributed by atoms with Crippen LogP contribution in [0.15, 0.2) is 28.8 Å². The molecule has 6 heteroatoms. The Hall–Kier alpha value is -1.88. The third kappa shape index (κ3) is 2.53. The van der Waals surface area contributed by atoms with Gasteiger partial charge in [0.1, 0.15) is 5.82 Å². The van der Waals surface area contributed by atoms with Crippen molar-refractivity contribution < 1.29 is 13.7 Å². The average molecular weight is 309 g/mol. The molecule has 0 spiro atoms. The van der Waals surface area contributed by atoms with Gasteiger partial charge >= 0.3 is 0 Å². The molecule has 1 aliphatic rings. The van der Waals surface area contributed by atoms with Crippen molar-refractivity contribution in [2.75, 3.05) is 6.54 Å². The van der Waals surface area contributed by atoms with Gasteiger partial charge in [0.2, 0.25) is 0 Å². The molecular weight excluding hydrogens is 295 g/mol. The van der Waals surface area contributed by atoms with Crippen LogP contribution in [-0.4, -0.2) is 22.5 Å². The number of amides is 1. The van der Waals surface area contributed by atoms with Crippen LogP contribution in [0.1, 0.15) is 40.7 Å². The van der Waals surface area contributed by atoms with E-state index in [0.29, 0.717) is 12.3 Å². The van der Waals surface area contributed by atoms with E-state index in [2.05, 4.69) is 5.16 Å². The van der Waals surface area contributed by atoms with E-state index in [1.165, 1.54) is 18.2 Å². The maximum absolute atomic E-state index is 13.9. The lowest BCUT2D eigenvalue weighted by Crippen LogP contribution is -2.31. The monoisotopic (exact) mass is 308 g/mol. The summed E-state index contributed by atoms with van der Waals surface area (Å²) >= 11 is 5.98. The van der Waals surface area contributed by atoms with Gasteiger partial charge in [0.15, 0.2) is 5.76 Å². The minimum atomic E-state index is -0.605. The van der Waals surface area contributed by atoms with Crippen LogP contribution in [0.4, 0.5) is 4.39 Å². The van der Waals surface area contributed by atoms with Gasteiger partial charge in [0.25, 0.3) is 5.91 Å². The van der Waals surface area contributed by atoms with Gasteiger partial charge in [-0.2, -0.15) is 0 Å². The number of carbonyl (C=O) groups is 1. The molecule has 4 nitrogen and oxygen atoms in total. The van der Waals surface area contributed by atoms with Crippen molar-refractivity contribution >= 4 is 17.5 Å². The highest BCUT2D eigenvalue weighted by molar-refractivity contribution is 6.33. The van der Waals surface area contributed by atoms with E-state index >= 15 is 0 Å². The van der Waals surface area contributed by atoms with Crippen molar-refractivity contribution in [2.24, 2.45) is 0 Å². The number of likely N-dealkylation sites (tertiary alicyclic amines) is 1. The van der Waals surface area contributed by atoms with E-state index in [1.807, 2.05) is 6.92 Å². The summed E-state index contributed by atoms with van der Waals surface area (Å²) in [5, 5.41) is 3.97. The zero-order valence-corrected chi connectivity index (χ0v) is 12.2. The van der Waals surface area contributed by atoms with Crippen LogP contribution in [0.3, 0.4) is 0 Å². The van der Waals surface area contributed by atoms with Crippen LogP contribution in [0.25, 0.3) is 0 Å². The summed E-state index contributed by atoms with van der Waals surface area (Å²) in [5.74, 6) is -0.382. The Kier molecular flexibility index (Phi) is 3.68. The normalized spacial score (nSPS) is 18.2. The van der Waals surface area contributed by atoms with E-state index in [-0.39, 0.29) is 16.6 Å². The summed E-state index contributed by atoms with van der Waals surface area (Å²) in [6, 6.07) is 5.83. The summed E-state index contributed by atoms with van der Waals surface area (Å²) in [6.45, 7) is 2.37. The lowest BCUT2D eigenvalue weighted by Gasteiger charge is -2.23. The second-order valence-corrected chi connectivity index (χ2v) is 5.53. The predicted molar refractivity (Wildman–Crippen MR) is 75.7 cm³/mol. The summed E-state index contributed by atoms with van der Waals surface area (Å²) in [7, 11) is 0. The van der Waals surface area contributed by atoms with Gasteiger partial charge in [-0.05, 0) is 31.9 Å². The van der Waals surface area contributed by atoms with Gasteiger partial charge in [-0.25, -0.2) is 4.39 Å². The van der Waals surface area contributed by atoms with Gasteiger partial charge in [0.05, 0.1) is 22.3 Å². The van der Waals surface area contributed by atoms with Crippen molar-refractivity contribution in [3.8, 4) is 0 Å². The Morgan fingerprint density at radius 1 is 1.52 bits per heavy atom. The number of rotatable bonds is 2. The van der Waals surface area contributed by atoms with E-state index in [9.17, 15) is 9.18 Å². The van der Waals surface area contributed by atoms with Crippen LogP contribution < -0.4 is 0 Å². The van der Waals surface area contributed by atoms with Crippen molar-refractivity contribution in [1.82, 2.24) is 10.1 Å². The molecule has 3 rings (SSSR count). The van der Waals surface area contributed by atoms with Gasteiger partial charge in [-0.1, -0.05) is 22.8 Å². The van der Waals surface area contributed by atoms with Crippen LogP contribution in [0.5, 0.6) is 0 Å². The topological polar surface area (TPSA) is 46.3 Å². The molecule has 0 aliphatic carbocycles. The van der Waals surface area contributed by atoms with Gasteiger partial charge < -0.3 is 9.42 Å². The summed E-state index contributed by atoms with van der Waals surface area (Å²) in [4.78, 5) is 14.2. The maximum Gasteiger partial charge on any atom is 0.258 e. The van der Waals surface area contributed by atoms with Crippen molar-refractivity contribution in [1.29, 1.82) is 0 Å². The van der Waals surface area contributed by atoms with Crippen LogP contribution >= 0.6 is 11.6 Å². The molecule has 1 amide bonds. The van der Waals surface area contributed by atoms with Gasteiger partial charge in [-0.15, -0.1) is 0 Å². The van der Waals surface area contributed by atoms with E-state index in [1.54, 1.807) is 11.0 Å². The first kappa shape index (κ1) is 14.1. The number of aryl methyl sites for hydroxylation is 1. The average Bonchev–Trinajstić information content (AvgIpc) is 3.06. The minimum Gasteiger partial charge on any atom is -0.359 e. The number of hydrogen-bond donors (Lipinski definition) is 0. The zero-order chi connectivity index (χ0) is 15.0. The number of aromatic nitrogens is 1. The first-order chi connectivity index (χ1) is 10.1. The highest BCUT2D eigenvalue weighted by Gasteiger charge is 2.34. The molecule has 0 bridgehead atoms.